The topological polar surface area (TPSA) is 0 Å². The van der Waals surface area contributed by atoms with Gasteiger partial charge in [0.25, 0.3) is 0 Å². The molecule has 0 radical (unpaired) electrons. The molecule has 6 atom stereocenters. The largest absolute Gasteiger partial charge is 1.00 e. The fraction of sp³-hybridized carbons (Fsp3) is 0.300. The Morgan fingerprint density at radius 3 is 1.21 bits per heavy atom. The summed E-state index contributed by atoms with van der Waals surface area (Å²) in [5.41, 5.74) is 9.53. The molecule has 0 N–H and O–H groups in total. The standard InChI is InChI=1S/C40H42P2.BF4.Rh/c1-2-16-26-40(42-37(33-21-11-5-12-22-33)29-30-38(42)34-23-13-6-14-24-34)39(25-15-1)41-35(31-17-7-3-8-18-31)27-28-36(41)32-19-9-4-10-20-32;2-1(3,4)5;/h1,3-15,17-24,26,35-39H,2,16,25,27-30H2;;/q;-1;+1/t35-,36?,37?,38?,39-,41?,42?;;/m0../s1. The first kappa shape index (κ1) is 36.9. The molecule has 0 amide bonds. The van der Waals surface area contributed by atoms with Crippen LogP contribution < -0.4 is 0 Å². The third-order valence-electron chi connectivity index (χ3n) is 9.77. The Balaban J connectivity index is 0.000000701. The van der Waals surface area contributed by atoms with Crippen LogP contribution in [0.4, 0.5) is 17.3 Å². The monoisotopic (exact) mass is 774 g/mol. The summed E-state index contributed by atoms with van der Waals surface area (Å²) < 4.78 is 39.0. The van der Waals surface area contributed by atoms with Gasteiger partial charge in [-0.1, -0.05) is 155 Å². The van der Waals surface area contributed by atoms with Gasteiger partial charge < -0.3 is 17.3 Å². The van der Waals surface area contributed by atoms with E-state index in [2.05, 4.69) is 140 Å². The fourth-order valence-corrected chi connectivity index (χ4v) is 16.5. The van der Waals surface area contributed by atoms with Gasteiger partial charge in [0.2, 0.25) is 0 Å². The molecule has 252 valence electrons. The molecule has 2 fully saturated rings. The summed E-state index contributed by atoms with van der Waals surface area (Å²) in [5, 5.41) is 1.87. The maximum Gasteiger partial charge on any atom is 1.00 e. The molecular weight excluding hydrogens is 732 g/mol. The first-order valence-electron chi connectivity index (χ1n) is 16.9. The van der Waals surface area contributed by atoms with Gasteiger partial charge in [0.1, 0.15) is 0 Å². The van der Waals surface area contributed by atoms with Crippen LogP contribution >= 0.6 is 15.8 Å². The van der Waals surface area contributed by atoms with Gasteiger partial charge in [0.15, 0.2) is 0 Å². The molecule has 48 heavy (non-hydrogen) atoms. The van der Waals surface area contributed by atoms with Crippen molar-refractivity contribution in [2.45, 2.75) is 73.2 Å². The Morgan fingerprint density at radius 2 is 0.812 bits per heavy atom. The molecule has 1 aliphatic carbocycles. The SMILES string of the molecule is C1=CC[C@H](P2C(c3ccccc3)CC[C@H]2c2ccccc2)C(P2C(c3ccccc3)CCC2c2ccccc2)=CCC1.F[B-](F)(F)F.[Rh+]. The molecule has 4 aromatic carbocycles. The van der Waals surface area contributed by atoms with Crippen molar-refractivity contribution in [2.24, 2.45) is 0 Å². The molecule has 0 spiro atoms. The Labute approximate surface area is 298 Å². The summed E-state index contributed by atoms with van der Waals surface area (Å²) in [7, 11) is -6.67. The Hall–Kier alpha value is -2.37. The molecule has 3 aliphatic rings. The van der Waals surface area contributed by atoms with E-state index in [9.17, 15) is 17.3 Å². The van der Waals surface area contributed by atoms with E-state index in [4.69, 9.17) is 0 Å². The van der Waals surface area contributed by atoms with Crippen LogP contribution in [0.5, 0.6) is 0 Å². The Morgan fingerprint density at radius 1 is 0.458 bits per heavy atom. The number of halogens is 4. The van der Waals surface area contributed by atoms with Crippen molar-refractivity contribution in [3.05, 3.63) is 167 Å². The smallest absolute Gasteiger partial charge is 0.418 e. The van der Waals surface area contributed by atoms with Crippen LogP contribution in [0.2, 0.25) is 0 Å². The van der Waals surface area contributed by atoms with E-state index in [1.54, 1.807) is 22.3 Å². The van der Waals surface area contributed by atoms with Crippen molar-refractivity contribution in [2.75, 3.05) is 0 Å². The van der Waals surface area contributed by atoms with Crippen LogP contribution in [0.1, 0.15) is 89.8 Å². The molecule has 0 bridgehead atoms. The maximum absolute atomic E-state index is 9.75. The average Bonchev–Trinajstić information content (AvgIpc) is 3.71. The summed E-state index contributed by atoms with van der Waals surface area (Å²) in [4.78, 5) is 0. The third-order valence-corrected chi connectivity index (χ3v) is 17.3. The van der Waals surface area contributed by atoms with E-state index in [-0.39, 0.29) is 35.3 Å². The van der Waals surface area contributed by atoms with Crippen molar-refractivity contribution in [3.8, 4) is 0 Å². The molecule has 0 nitrogen and oxygen atoms in total. The number of hydrogen-bond acceptors (Lipinski definition) is 0. The minimum absolute atomic E-state index is 0. The zero-order valence-electron chi connectivity index (χ0n) is 26.9. The zero-order valence-corrected chi connectivity index (χ0v) is 30.4. The van der Waals surface area contributed by atoms with Gasteiger partial charge in [-0.15, -0.1) is 0 Å². The van der Waals surface area contributed by atoms with Crippen LogP contribution in [0, 0.1) is 0 Å². The molecule has 2 heterocycles. The summed E-state index contributed by atoms with van der Waals surface area (Å²) in [5.74, 6) is 0. The predicted molar refractivity (Wildman–Crippen MR) is 194 cm³/mol. The van der Waals surface area contributed by atoms with Crippen LogP contribution in [-0.2, 0) is 19.5 Å². The number of rotatable bonds is 6. The normalized spacial score (nSPS) is 27.1. The van der Waals surface area contributed by atoms with E-state index < -0.39 is 7.25 Å². The molecule has 2 aliphatic heterocycles. The quantitative estimate of drug-likeness (QED) is 0.0792. The van der Waals surface area contributed by atoms with E-state index in [0.29, 0.717) is 28.3 Å². The van der Waals surface area contributed by atoms with Crippen molar-refractivity contribution < 1.29 is 36.7 Å². The second-order valence-corrected chi connectivity index (χ2v) is 18.0. The van der Waals surface area contributed by atoms with Crippen molar-refractivity contribution in [1.29, 1.82) is 0 Å². The second-order valence-electron chi connectivity index (χ2n) is 12.6. The Bertz CT molecular complexity index is 1500. The zero-order chi connectivity index (χ0) is 32.6. The predicted octanol–water partition coefficient (Wildman–Crippen LogP) is 13.8. The fourth-order valence-electron chi connectivity index (χ4n) is 7.95. The average molecular weight is 774 g/mol. The molecular formula is C40H42BF4P2Rh. The van der Waals surface area contributed by atoms with Crippen LogP contribution in [0.25, 0.3) is 0 Å². The number of hydrogen-bond donors (Lipinski definition) is 0. The van der Waals surface area contributed by atoms with Gasteiger partial charge in [-0.2, -0.15) is 0 Å². The van der Waals surface area contributed by atoms with Crippen LogP contribution in [0.3, 0.4) is 0 Å². The van der Waals surface area contributed by atoms with Gasteiger partial charge in [0.05, 0.1) is 0 Å². The first-order valence-corrected chi connectivity index (χ1v) is 19.9. The minimum atomic E-state index is -6.00. The van der Waals surface area contributed by atoms with Crippen LogP contribution in [-0.4, -0.2) is 12.9 Å². The molecule has 4 aromatic rings. The summed E-state index contributed by atoms with van der Waals surface area (Å²) in [6.45, 7) is 0. The Kier molecular flexibility index (Phi) is 13.5. The maximum atomic E-state index is 9.75. The van der Waals surface area contributed by atoms with Crippen molar-refractivity contribution in [3.63, 3.8) is 0 Å². The van der Waals surface area contributed by atoms with E-state index >= 15 is 0 Å². The van der Waals surface area contributed by atoms with Gasteiger partial charge in [-0.05, 0) is 72.5 Å². The van der Waals surface area contributed by atoms with E-state index in [1.807, 2.05) is 5.31 Å². The second kappa shape index (κ2) is 17.5. The summed E-state index contributed by atoms with van der Waals surface area (Å²) in [6.07, 6.45) is 16.6. The van der Waals surface area contributed by atoms with Crippen LogP contribution in [0.15, 0.2) is 145 Å². The first-order chi connectivity index (χ1) is 22.9. The number of benzene rings is 4. The summed E-state index contributed by atoms with van der Waals surface area (Å²) >= 11 is 0. The molecule has 4 unspecified atom stereocenters. The van der Waals surface area contributed by atoms with Gasteiger partial charge in [-0.25, -0.2) is 0 Å². The minimum Gasteiger partial charge on any atom is -0.418 e. The molecule has 0 saturated carbocycles. The molecule has 0 aromatic heterocycles. The molecule has 2 saturated heterocycles. The third kappa shape index (κ3) is 9.24. The number of allylic oxidation sites excluding steroid dienone is 4. The molecule has 7 rings (SSSR count). The molecule has 8 heteroatoms. The van der Waals surface area contributed by atoms with Gasteiger partial charge in [0, 0.05) is 28.3 Å². The van der Waals surface area contributed by atoms with Crippen molar-refractivity contribution >= 4 is 23.1 Å². The van der Waals surface area contributed by atoms with Gasteiger partial charge in [-0.3, -0.25) is 0 Å². The summed E-state index contributed by atoms with van der Waals surface area (Å²) in [6, 6.07) is 46.3. The van der Waals surface area contributed by atoms with Gasteiger partial charge >= 0.3 is 26.7 Å². The van der Waals surface area contributed by atoms with Crippen molar-refractivity contribution in [1.82, 2.24) is 0 Å². The van der Waals surface area contributed by atoms with E-state index in [1.165, 1.54) is 44.9 Å². The van der Waals surface area contributed by atoms with E-state index in [0.717, 1.165) is 0 Å².